The molecule has 2 amide bonds. The normalized spacial score (nSPS) is 12.3. The monoisotopic (exact) mass is 739 g/mol. The summed E-state index contributed by atoms with van der Waals surface area (Å²) in [6, 6.07) is 10.8. The number of anilines is 4. The number of nitrogens with two attached hydrogens (primary N) is 1. The lowest BCUT2D eigenvalue weighted by molar-refractivity contribution is 0.259. The molecule has 25 heteroatoms. The van der Waals surface area contributed by atoms with E-state index < -0.39 is 65.0 Å². The van der Waals surface area contributed by atoms with Crippen LogP contribution >= 0.6 is 0 Å². The predicted octanol–water partition coefficient (Wildman–Crippen LogP) is 3.87. The smallest absolute Gasteiger partial charge is 0.316 e. The lowest BCUT2D eigenvalue weighted by Crippen LogP contribution is -2.19. The van der Waals surface area contributed by atoms with Crippen LogP contribution in [0.5, 0.6) is 0 Å². The number of nitrogens with one attached hydrogen (secondary N) is 3. The molecule has 0 saturated carbocycles. The summed E-state index contributed by atoms with van der Waals surface area (Å²) in [5.41, 5.74) is 4.84. The molecule has 1 heterocycles. The van der Waals surface area contributed by atoms with E-state index in [4.69, 9.17) is 14.8 Å². The maximum Gasteiger partial charge on any atom is 0.316 e. The molecule has 21 nitrogen and oxygen atoms in total. The van der Waals surface area contributed by atoms with Crippen molar-refractivity contribution in [2.45, 2.75) is 9.79 Å². The number of carbonyl (C=O) groups is 1. The van der Waals surface area contributed by atoms with Crippen molar-refractivity contribution in [2.24, 2.45) is 26.2 Å². The third kappa shape index (κ3) is 11.0. The Morgan fingerprint density at radius 1 is 0.755 bits per heavy atom. The molecule has 0 unspecified atom stereocenters. The summed E-state index contributed by atoms with van der Waals surface area (Å²) >= 11 is 0. The van der Waals surface area contributed by atoms with Crippen LogP contribution in [0.3, 0.4) is 0 Å². The Hall–Kier alpha value is -5.60. The quantitative estimate of drug-likeness (QED) is 0.0756. The summed E-state index contributed by atoms with van der Waals surface area (Å²) in [5.74, 6) is -1.61. The first-order valence-electron chi connectivity index (χ1n) is 13.0. The highest BCUT2D eigenvalue weighted by Gasteiger charge is 2.18. The van der Waals surface area contributed by atoms with Gasteiger partial charge in [0.25, 0.3) is 30.4 Å². The van der Waals surface area contributed by atoms with Crippen LogP contribution in [-0.2, 0) is 30.4 Å². The molecule has 0 saturated heterocycles. The van der Waals surface area contributed by atoms with E-state index >= 15 is 0 Å². The molecule has 8 N–H and O–H groups in total. The number of azo groups is 2. The third-order valence-electron chi connectivity index (χ3n) is 5.66. The Bertz CT molecular complexity index is 2290. The van der Waals surface area contributed by atoms with Gasteiger partial charge in [-0.3, -0.25) is 13.7 Å². The lowest BCUT2D eigenvalue weighted by Gasteiger charge is -2.11. The molecular weight excluding hydrogens is 718 g/mol. The fraction of sp³-hybridized carbons (Fsp3) is 0.0833. The molecule has 4 aromatic rings. The third-order valence-corrected chi connectivity index (χ3v) is 8.13. The summed E-state index contributed by atoms with van der Waals surface area (Å²) in [7, 11) is -13.7. The Labute approximate surface area is 275 Å². The molecule has 0 radical (unpaired) electrons. The number of amides is 2. The van der Waals surface area contributed by atoms with Crippen LogP contribution < -0.4 is 21.7 Å². The summed E-state index contributed by atoms with van der Waals surface area (Å²) < 4.78 is 111. The van der Waals surface area contributed by atoms with Crippen molar-refractivity contribution < 1.29 is 48.1 Å². The molecule has 0 aliphatic carbocycles. The van der Waals surface area contributed by atoms with Gasteiger partial charge in [-0.15, -0.1) is 10.2 Å². The molecule has 0 fully saturated rings. The van der Waals surface area contributed by atoms with Crippen LogP contribution in [0.4, 0.5) is 55.2 Å². The molecule has 0 spiro atoms. The van der Waals surface area contributed by atoms with Crippen molar-refractivity contribution in [3.63, 3.8) is 0 Å². The van der Waals surface area contributed by atoms with Gasteiger partial charge >= 0.3 is 12.1 Å². The first-order valence-corrected chi connectivity index (χ1v) is 17.5. The molecule has 1 aromatic heterocycles. The Morgan fingerprint density at radius 3 is 2.00 bits per heavy atom. The van der Waals surface area contributed by atoms with Crippen molar-refractivity contribution in [3.05, 3.63) is 66.7 Å². The van der Waals surface area contributed by atoms with Crippen molar-refractivity contribution in [1.29, 1.82) is 0 Å². The summed E-state index contributed by atoms with van der Waals surface area (Å²) in [6.45, 7) is -0.389. The van der Waals surface area contributed by atoms with Gasteiger partial charge in [0, 0.05) is 12.2 Å². The van der Waals surface area contributed by atoms with Gasteiger partial charge in [-0.05, 0) is 60.7 Å². The van der Waals surface area contributed by atoms with E-state index in [9.17, 15) is 39.0 Å². The van der Waals surface area contributed by atoms with E-state index in [-0.39, 0.29) is 45.6 Å². The topological polar surface area (TPSA) is 330 Å². The number of primary amides is 1. The second kappa shape index (κ2) is 14.7. The van der Waals surface area contributed by atoms with Crippen molar-refractivity contribution in [2.75, 3.05) is 28.2 Å². The minimum atomic E-state index is -4.93. The standard InChI is InChI=1S/C24H22FN11O10S3/c25-21-30-23(27-9-10-47(38,39)40)32-24(31-21)29-19-11-14(28-22(26)37)3-7-17(19)35-36-18-8-4-15(12-20(18)49(44,45)46)34-33-13-1-5-16(6-2-13)48(41,42)43/h1-8,11-12H,9-10H2,(H3,26,28,37)(H,38,39,40)(H,41,42,43)(H,44,45,46)(H2,27,29,30,31,32). The van der Waals surface area contributed by atoms with Gasteiger partial charge in [0.15, 0.2) is 0 Å². The zero-order valence-corrected chi connectivity index (χ0v) is 26.6. The summed E-state index contributed by atoms with van der Waals surface area (Å²) in [6.07, 6.45) is -1.30. The largest absolute Gasteiger partial charge is 0.353 e. The van der Waals surface area contributed by atoms with Crippen molar-refractivity contribution in [3.8, 4) is 0 Å². The molecular formula is C24H22FN11O10S3. The highest BCUT2D eigenvalue weighted by molar-refractivity contribution is 7.86. The van der Waals surface area contributed by atoms with Gasteiger partial charge in [0.2, 0.25) is 11.9 Å². The maximum atomic E-state index is 14.2. The van der Waals surface area contributed by atoms with Crippen LogP contribution in [0.1, 0.15) is 0 Å². The predicted molar refractivity (Wildman–Crippen MR) is 168 cm³/mol. The van der Waals surface area contributed by atoms with Gasteiger partial charge in [0.1, 0.15) is 16.3 Å². The van der Waals surface area contributed by atoms with Gasteiger partial charge in [-0.25, -0.2) is 4.79 Å². The highest BCUT2D eigenvalue weighted by atomic mass is 32.2. The lowest BCUT2D eigenvalue weighted by atomic mass is 10.2. The van der Waals surface area contributed by atoms with Gasteiger partial charge in [0.05, 0.1) is 27.7 Å². The molecule has 49 heavy (non-hydrogen) atoms. The molecule has 0 aliphatic heterocycles. The van der Waals surface area contributed by atoms with Crippen LogP contribution in [0, 0.1) is 6.08 Å². The highest BCUT2D eigenvalue weighted by Crippen LogP contribution is 2.35. The van der Waals surface area contributed by atoms with Crippen LogP contribution in [-0.4, -0.2) is 72.2 Å². The molecule has 4 rings (SSSR count). The summed E-state index contributed by atoms with van der Waals surface area (Å²) in [5, 5.41) is 22.9. The maximum absolute atomic E-state index is 14.2. The van der Waals surface area contributed by atoms with E-state index in [1.54, 1.807) is 0 Å². The molecule has 0 aliphatic rings. The Kier molecular flexibility index (Phi) is 10.8. The van der Waals surface area contributed by atoms with Gasteiger partial charge in [-0.2, -0.15) is 54.8 Å². The SMILES string of the molecule is NC(=O)Nc1ccc(N=Nc2ccc(N=Nc3ccc(S(=O)(=O)O)cc3)cc2S(=O)(=O)O)c(Nc2nc(F)nc(NCCS(=O)(=O)O)n2)c1. The first-order chi connectivity index (χ1) is 22.9. The van der Waals surface area contributed by atoms with E-state index in [2.05, 4.69) is 51.4 Å². The number of carbonyl (C=O) groups excluding carboxylic acids is 1. The molecule has 0 atom stereocenters. The summed E-state index contributed by atoms with van der Waals surface area (Å²) in [4.78, 5) is 21.0. The number of hydrogen-bond acceptors (Lipinski definition) is 16. The molecule has 258 valence electrons. The minimum Gasteiger partial charge on any atom is -0.353 e. The minimum absolute atomic E-state index is 0.0525. The number of aromatic nitrogens is 3. The van der Waals surface area contributed by atoms with E-state index in [1.807, 2.05) is 0 Å². The van der Waals surface area contributed by atoms with Crippen LogP contribution in [0.25, 0.3) is 0 Å². The number of nitrogens with zero attached hydrogens (tertiary/aromatic N) is 7. The second-order valence-corrected chi connectivity index (χ2v) is 13.7. The Balaban J connectivity index is 1.65. The fourth-order valence-corrected chi connectivity index (χ4v) is 5.09. The van der Waals surface area contributed by atoms with Crippen molar-refractivity contribution >= 4 is 82.4 Å². The van der Waals surface area contributed by atoms with E-state index in [0.717, 1.165) is 24.3 Å². The van der Waals surface area contributed by atoms with Gasteiger partial charge < -0.3 is 21.7 Å². The van der Waals surface area contributed by atoms with Gasteiger partial charge in [-0.1, -0.05) is 0 Å². The number of halogens is 1. The van der Waals surface area contributed by atoms with Crippen LogP contribution in [0.2, 0.25) is 0 Å². The number of rotatable bonds is 13. The molecule has 3 aromatic carbocycles. The average Bonchev–Trinajstić information content (AvgIpc) is 2.98. The van der Waals surface area contributed by atoms with Crippen molar-refractivity contribution in [1.82, 2.24) is 15.0 Å². The first kappa shape index (κ1) is 36.2. The van der Waals surface area contributed by atoms with E-state index in [0.29, 0.717) is 0 Å². The second-order valence-electron chi connectivity index (χ2n) is 9.31. The number of urea groups is 1. The Morgan fingerprint density at radius 2 is 1.37 bits per heavy atom. The van der Waals surface area contributed by atoms with E-state index in [1.165, 1.54) is 36.4 Å². The average molecular weight is 740 g/mol. The van der Waals surface area contributed by atoms with Crippen LogP contribution in [0.15, 0.2) is 90.9 Å². The zero-order chi connectivity index (χ0) is 36.0. The molecule has 0 bridgehead atoms. The zero-order valence-electron chi connectivity index (χ0n) is 24.2. The fourth-order valence-electron chi connectivity index (χ4n) is 3.60. The number of benzene rings is 3. The number of hydrogen-bond donors (Lipinski definition) is 7.